The van der Waals surface area contributed by atoms with E-state index in [0.717, 1.165) is 29.8 Å². The van der Waals surface area contributed by atoms with E-state index in [1.165, 1.54) is 6.07 Å². The van der Waals surface area contributed by atoms with Crippen LogP contribution in [0.25, 0.3) is 10.9 Å². The Morgan fingerprint density at radius 1 is 1.05 bits per heavy atom. The van der Waals surface area contributed by atoms with Gasteiger partial charge < -0.3 is 29.4 Å². The monoisotopic (exact) mass is 613 g/mol. The highest BCUT2D eigenvalue weighted by Crippen LogP contribution is 2.32. The Kier molecular flexibility index (Phi) is 9.68. The number of carboxylic acid groups (broad SMARTS) is 1. The van der Waals surface area contributed by atoms with Gasteiger partial charge in [-0.25, -0.2) is 4.39 Å². The lowest BCUT2D eigenvalue weighted by Crippen LogP contribution is -2.46. The van der Waals surface area contributed by atoms with Gasteiger partial charge in [0.05, 0.1) is 60.0 Å². The van der Waals surface area contributed by atoms with Gasteiger partial charge in [0.15, 0.2) is 0 Å². The molecule has 230 valence electrons. The molecule has 1 saturated carbocycles. The van der Waals surface area contributed by atoms with Gasteiger partial charge in [-0.05, 0) is 62.3 Å². The Morgan fingerprint density at radius 2 is 1.74 bits per heavy atom. The van der Waals surface area contributed by atoms with E-state index in [-0.39, 0.29) is 52.7 Å². The van der Waals surface area contributed by atoms with Crippen molar-refractivity contribution in [3.63, 3.8) is 0 Å². The summed E-state index contributed by atoms with van der Waals surface area (Å²) in [6.07, 6.45) is 5.44. The largest absolute Gasteiger partial charge is 0.481 e. The van der Waals surface area contributed by atoms with Crippen molar-refractivity contribution in [3.05, 3.63) is 64.6 Å². The molecule has 2 atom stereocenters. The number of carbonyl (C=O) groups is 3. The van der Waals surface area contributed by atoms with E-state index >= 15 is 4.39 Å². The minimum Gasteiger partial charge on any atom is -0.481 e. The number of hydrogen-bond acceptors (Lipinski definition) is 5. The second kappa shape index (κ2) is 13.4. The normalized spacial score (nSPS) is 22.2. The van der Waals surface area contributed by atoms with E-state index in [0.29, 0.717) is 44.5 Å². The van der Waals surface area contributed by atoms with Gasteiger partial charge in [0, 0.05) is 31.3 Å². The molecule has 1 aliphatic carbocycles. The van der Waals surface area contributed by atoms with Crippen LogP contribution in [0.1, 0.15) is 54.4 Å². The van der Waals surface area contributed by atoms with Crippen LogP contribution in [0.3, 0.4) is 0 Å². The number of hydrogen-bond donors (Lipinski definition) is 2. The molecule has 2 amide bonds. The van der Waals surface area contributed by atoms with E-state index in [9.17, 15) is 19.5 Å². The lowest BCUT2D eigenvalue weighted by Gasteiger charge is -2.32. The van der Waals surface area contributed by atoms with E-state index in [4.69, 9.17) is 21.1 Å². The summed E-state index contributed by atoms with van der Waals surface area (Å²) in [5.74, 6) is -2.40. The SMILES string of the molecule is COC[C@H]1CC[C@@H](COC2CCC(C(=O)O)CC2)N1C(=O)Cc1cc(Cl)c(NC(=O)c2cn(C)c3ccccc23)cc1F. The third-order valence-corrected chi connectivity index (χ3v) is 8.99. The molecule has 2 aliphatic rings. The molecule has 1 aliphatic heterocycles. The number of nitrogens with one attached hydrogen (secondary N) is 1. The Bertz CT molecular complexity index is 1500. The summed E-state index contributed by atoms with van der Waals surface area (Å²) in [6, 6.07) is 9.68. The maximum atomic E-state index is 15.3. The van der Waals surface area contributed by atoms with E-state index in [1.54, 1.807) is 18.2 Å². The van der Waals surface area contributed by atoms with Gasteiger partial charge in [0.2, 0.25) is 5.91 Å². The Hall–Kier alpha value is -3.47. The lowest BCUT2D eigenvalue weighted by atomic mass is 9.87. The number of carboxylic acids is 1. The molecule has 0 bridgehead atoms. The number of aromatic nitrogens is 1. The van der Waals surface area contributed by atoms with Gasteiger partial charge in [-0.3, -0.25) is 14.4 Å². The number of benzene rings is 2. The third-order valence-electron chi connectivity index (χ3n) is 8.68. The molecular formula is C32H37ClFN3O6. The number of ether oxygens (including phenoxy) is 2. The average Bonchev–Trinajstić information content (AvgIpc) is 3.55. The summed E-state index contributed by atoms with van der Waals surface area (Å²) in [4.78, 5) is 39.7. The van der Waals surface area contributed by atoms with Crippen molar-refractivity contribution in [3.8, 4) is 0 Å². The molecule has 9 nitrogen and oxygen atoms in total. The van der Waals surface area contributed by atoms with Crippen molar-refractivity contribution < 1.29 is 33.4 Å². The van der Waals surface area contributed by atoms with E-state index in [2.05, 4.69) is 5.32 Å². The summed E-state index contributed by atoms with van der Waals surface area (Å²) in [7, 11) is 3.43. The number of fused-ring (bicyclic) bond motifs is 1. The van der Waals surface area contributed by atoms with Crippen LogP contribution in [0, 0.1) is 11.7 Å². The summed E-state index contributed by atoms with van der Waals surface area (Å²) in [6.45, 7) is 0.686. The maximum absolute atomic E-state index is 15.3. The van der Waals surface area contributed by atoms with Crippen molar-refractivity contribution in [1.29, 1.82) is 0 Å². The quantitative estimate of drug-likeness (QED) is 0.315. The van der Waals surface area contributed by atoms with Crippen LogP contribution in [-0.2, 0) is 32.5 Å². The molecular weight excluding hydrogens is 577 g/mol. The summed E-state index contributed by atoms with van der Waals surface area (Å²) in [5, 5.41) is 12.9. The second-order valence-corrected chi connectivity index (χ2v) is 11.9. The van der Waals surface area contributed by atoms with Crippen LogP contribution >= 0.6 is 11.6 Å². The number of halogens is 2. The lowest BCUT2D eigenvalue weighted by molar-refractivity contribution is -0.144. The van der Waals surface area contributed by atoms with Gasteiger partial charge in [-0.15, -0.1) is 0 Å². The molecule has 0 spiro atoms. The van der Waals surface area contributed by atoms with Crippen LogP contribution in [0.5, 0.6) is 0 Å². The van der Waals surface area contributed by atoms with Crippen molar-refractivity contribution in [2.75, 3.05) is 25.6 Å². The number of carbonyl (C=O) groups excluding carboxylic acids is 2. The van der Waals surface area contributed by atoms with Gasteiger partial charge >= 0.3 is 5.97 Å². The Labute approximate surface area is 254 Å². The Balaban J connectivity index is 1.25. The smallest absolute Gasteiger partial charge is 0.306 e. The number of likely N-dealkylation sites (tertiary alicyclic amines) is 1. The number of amides is 2. The number of aliphatic carboxylic acids is 1. The molecule has 3 aromatic rings. The predicted octanol–water partition coefficient (Wildman–Crippen LogP) is 5.43. The first-order chi connectivity index (χ1) is 20.7. The molecule has 0 radical (unpaired) electrons. The molecule has 2 aromatic carbocycles. The number of para-hydroxylation sites is 1. The fourth-order valence-electron chi connectivity index (χ4n) is 6.40. The predicted molar refractivity (Wildman–Crippen MR) is 161 cm³/mol. The molecule has 1 aromatic heterocycles. The summed E-state index contributed by atoms with van der Waals surface area (Å²) < 4.78 is 28.7. The maximum Gasteiger partial charge on any atom is 0.306 e. The van der Waals surface area contributed by atoms with Gasteiger partial charge in [-0.2, -0.15) is 0 Å². The minimum atomic E-state index is -0.763. The van der Waals surface area contributed by atoms with E-state index in [1.807, 2.05) is 35.9 Å². The minimum absolute atomic E-state index is 0.0399. The number of methoxy groups -OCH3 is 1. The summed E-state index contributed by atoms with van der Waals surface area (Å²) >= 11 is 6.48. The standard InChI is InChI=1S/C32H37ClFN3O6/c1-36-16-25(24-5-3-4-6-29(24)36)31(39)35-28-15-27(34)20(13-26(28)33)14-30(38)37-21(17-42-2)9-10-22(37)18-43-23-11-7-19(8-12-23)32(40)41/h3-6,13,15-16,19,21-23H,7-12,14,17-18H2,1-2H3,(H,35,39)(H,40,41)/t19?,21-,22+,23?/m1/s1. The van der Waals surface area contributed by atoms with Crippen molar-refractivity contribution in [2.45, 2.75) is 63.1 Å². The Morgan fingerprint density at radius 3 is 2.44 bits per heavy atom. The zero-order chi connectivity index (χ0) is 30.7. The fraction of sp³-hybridized carbons (Fsp3) is 0.469. The molecule has 2 heterocycles. The highest BCUT2D eigenvalue weighted by atomic mass is 35.5. The van der Waals surface area contributed by atoms with Gasteiger partial charge in [0.1, 0.15) is 5.82 Å². The third kappa shape index (κ3) is 6.87. The van der Waals surface area contributed by atoms with Gasteiger partial charge in [0.25, 0.3) is 5.91 Å². The number of rotatable bonds is 10. The highest BCUT2D eigenvalue weighted by Gasteiger charge is 2.38. The summed E-state index contributed by atoms with van der Waals surface area (Å²) in [5.41, 5.74) is 1.58. The number of aryl methyl sites for hydroxylation is 1. The fourth-order valence-corrected chi connectivity index (χ4v) is 6.63. The molecule has 43 heavy (non-hydrogen) atoms. The first kappa shape index (κ1) is 31.0. The molecule has 0 unspecified atom stereocenters. The molecule has 2 fully saturated rings. The van der Waals surface area contributed by atoms with Crippen molar-refractivity contribution in [2.24, 2.45) is 13.0 Å². The van der Waals surface area contributed by atoms with Crippen molar-refractivity contribution in [1.82, 2.24) is 9.47 Å². The van der Waals surface area contributed by atoms with Crippen LogP contribution in [-0.4, -0.2) is 70.9 Å². The van der Waals surface area contributed by atoms with Crippen LogP contribution < -0.4 is 5.32 Å². The topological polar surface area (TPSA) is 110 Å². The van der Waals surface area contributed by atoms with Crippen LogP contribution in [0.4, 0.5) is 10.1 Å². The molecule has 5 rings (SSSR count). The van der Waals surface area contributed by atoms with Crippen LogP contribution in [0.2, 0.25) is 5.02 Å². The second-order valence-electron chi connectivity index (χ2n) is 11.5. The van der Waals surface area contributed by atoms with Crippen molar-refractivity contribution >= 4 is 46.0 Å². The first-order valence-electron chi connectivity index (χ1n) is 14.6. The molecule has 11 heteroatoms. The highest BCUT2D eigenvalue weighted by molar-refractivity contribution is 6.34. The van der Waals surface area contributed by atoms with E-state index < -0.39 is 17.7 Å². The molecule has 2 N–H and O–H groups in total. The average molecular weight is 614 g/mol. The van der Waals surface area contributed by atoms with Crippen LogP contribution in [0.15, 0.2) is 42.6 Å². The zero-order valence-electron chi connectivity index (χ0n) is 24.4. The number of nitrogens with zero attached hydrogens (tertiary/aromatic N) is 2. The first-order valence-corrected chi connectivity index (χ1v) is 15.0. The zero-order valence-corrected chi connectivity index (χ0v) is 25.1. The van der Waals surface area contributed by atoms with Gasteiger partial charge in [-0.1, -0.05) is 29.8 Å². The number of anilines is 1. The molecule has 1 saturated heterocycles.